The van der Waals surface area contributed by atoms with E-state index in [4.69, 9.17) is 11.6 Å². The summed E-state index contributed by atoms with van der Waals surface area (Å²) in [6.07, 6.45) is 2.34. The third kappa shape index (κ3) is 3.80. The molecule has 4 heteroatoms. The number of nitrogens with zero attached hydrogens (tertiary/aromatic N) is 1. The Bertz CT molecular complexity index is 584. The number of hydrogen-bond acceptors (Lipinski definition) is 2. The number of pyridine rings is 1. The SMILES string of the molecule is Cc1ccccc1CCNC(=O)c1ccnc(Cl)c1. The molecule has 0 aliphatic heterocycles. The van der Waals surface area contributed by atoms with Gasteiger partial charge in [0, 0.05) is 18.3 Å². The third-order valence-electron chi connectivity index (χ3n) is 2.93. The van der Waals surface area contributed by atoms with E-state index in [0.717, 1.165) is 6.42 Å². The standard InChI is InChI=1S/C15H15ClN2O/c1-11-4-2-3-5-12(11)6-9-18-15(19)13-7-8-17-14(16)10-13/h2-5,7-8,10H,6,9H2,1H3,(H,18,19). The van der Waals surface area contributed by atoms with Gasteiger partial charge < -0.3 is 5.32 Å². The van der Waals surface area contributed by atoms with Crippen LogP contribution in [0.1, 0.15) is 21.5 Å². The molecule has 3 nitrogen and oxygen atoms in total. The maximum absolute atomic E-state index is 11.9. The topological polar surface area (TPSA) is 42.0 Å². The molecule has 1 N–H and O–H groups in total. The molecule has 0 radical (unpaired) electrons. The van der Waals surface area contributed by atoms with Gasteiger partial charge >= 0.3 is 0 Å². The monoisotopic (exact) mass is 274 g/mol. The first-order chi connectivity index (χ1) is 9.16. The zero-order valence-electron chi connectivity index (χ0n) is 10.7. The van der Waals surface area contributed by atoms with E-state index in [0.29, 0.717) is 17.3 Å². The summed E-state index contributed by atoms with van der Waals surface area (Å²) in [5.41, 5.74) is 3.02. The van der Waals surface area contributed by atoms with Crippen LogP contribution in [-0.4, -0.2) is 17.4 Å². The molecule has 0 saturated heterocycles. The first-order valence-corrected chi connectivity index (χ1v) is 6.49. The fourth-order valence-corrected chi connectivity index (χ4v) is 2.02. The van der Waals surface area contributed by atoms with E-state index in [9.17, 15) is 4.79 Å². The van der Waals surface area contributed by atoms with Crippen LogP contribution in [0.2, 0.25) is 5.15 Å². The number of amides is 1. The van der Waals surface area contributed by atoms with Gasteiger partial charge in [0.05, 0.1) is 0 Å². The van der Waals surface area contributed by atoms with Crippen LogP contribution >= 0.6 is 11.6 Å². The number of carbonyl (C=O) groups excluding carboxylic acids is 1. The fraction of sp³-hybridized carbons (Fsp3) is 0.200. The molecule has 0 spiro atoms. The van der Waals surface area contributed by atoms with Crippen LogP contribution in [0, 0.1) is 6.92 Å². The Morgan fingerprint density at radius 1 is 1.32 bits per heavy atom. The van der Waals surface area contributed by atoms with Gasteiger partial charge in [-0.15, -0.1) is 0 Å². The van der Waals surface area contributed by atoms with Gasteiger partial charge in [-0.2, -0.15) is 0 Å². The Kier molecular flexibility index (Phi) is 4.53. The molecule has 0 unspecified atom stereocenters. The number of carbonyl (C=O) groups is 1. The van der Waals surface area contributed by atoms with Crippen LogP contribution < -0.4 is 5.32 Å². The molecule has 2 aromatic rings. The summed E-state index contributed by atoms with van der Waals surface area (Å²) >= 11 is 5.75. The molecule has 2 rings (SSSR count). The van der Waals surface area contributed by atoms with E-state index in [-0.39, 0.29) is 5.91 Å². The van der Waals surface area contributed by atoms with Crippen molar-refractivity contribution < 1.29 is 4.79 Å². The molecule has 98 valence electrons. The van der Waals surface area contributed by atoms with Gasteiger partial charge in [0.15, 0.2) is 0 Å². The summed E-state index contributed by atoms with van der Waals surface area (Å²) < 4.78 is 0. The second-order valence-corrected chi connectivity index (χ2v) is 4.69. The third-order valence-corrected chi connectivity index (χ3v) is 3.14. The van der Waals surface area contributed by atoms with E-state index in [1.54, 1.807) is 12.1 Å². The fourth-order valence-electron chi connectivity index (χ4n) is 1.85. The largest absolute Gasteiger partial charge is 0.352 e. The van der Waals surface area contributed by atoms with Crippen molar-refractivity contribution in [1.29, 1.82) is 0 Å². The number of halogens is 1. The summed E-state index contributed by atoms with van der Waals surface area (Å²) in [7, 11) is 0. The molecular formula is C15H15ClN2O. The zero-order chi connectivity index (χ0) is 13.7. The van der Waals surface area contributed by atoms with Gasteiger partial charge in [-0.1, -0.05) is 35.9 Å². The molecular weight excluding hydrogens is 260 g/mol. The second-order valence-electron chi connectivity index (χ2n) is 4.30. The first kappa shape index (κ1) is 13.6. The Hall–Kier alpha value is -1.87. The van der Waals surface area contributed by atoms with E-state index < -0.39 is 0 Å². The Balaban J connectivity index is 1.90. The van der Waals surface area contributed by atoms with Crippen molar-refractivity contribution in [3.8, 4) is 0 Å². The van der Waals surface area contributed by atoms with Crippen molar-refractivity contribution in [1.82, 2.24) is 10.3 Å². The van der Waals surface area contributed by atoms with Crippen LogP contribution in [0.25, 0.3) is 0 Å². The summed E-state index contributed by atoms with van der Waals surface area (Å²) in [5.74, 6) is -0.127. The summed E-state index contributed by atoms with van der Waals surface area (Å²) in [6.45, 7) is 2.67. The minimum absolute atomic E-state index is 0.127. The van der Waals surface area contributed by atoms with E-state index in [2.05, 4.69) is 29.4 Å². The highest BCUT2D eigenvalue weighted by Gasteiger charge is 2.06. The lowest BCUT2D eigenvalue weighted by Gasteiger charge is -2.07. The molecule has 1 aromatic carbocycles. The highest BCUT2D eigenvalue weighted by molar-refractivity contribution is 6.29. The summed E-state index contributed by atoms with van der Waals surface area (Å²) in [5, 5.41) is 3.20. The number of nitrogens with one attached hydrogen (secondary N) is 1. The predicted octanol–water partition coefficient (Wildman–Crippen LogP) is 3.02. The zero-order valence-corrected chi connectivity index (χ0v) is 11.4. The molecule has 1 amide bonds. The van der Waals surface area contributed by atoms with Crippen LogP contribution in [0.4, 0.5) is 0 Å². The van der Waals surface area contributed by atoms with Crippen LogP contribution in [0.5, 0.6) is 0 Å². The average molecular weight is 275 g/mol. The van der Waals surface area contributed by atoms with Crippen molar-refractivity contribution >= 4 is 17.5 Å². The van der Waals surface area contributed by atoms with Gasteiger partial charge in [-0.05, 0) is 36.6 Å². The molecule has 0 saturated carbocycles. The second kappa shape index (κ2) is 6.34. The molecule has 19 heavy (non-hydrogen) atoms. The molecule has 0 fully saturated rings. The average Bonchev–Trinajstić information content (AvgIpc) is 2.41. The number of benzene rings is 1. The van der Waals surface area contributed by atoms with Gasteiger partial charge in [-0.3, -0.25) is 4.79 Å². The number of rotatable bonds is 4. The maximum Gasteiger partial charge on any atom is 0.251 e. The van der Waals surface area contributed by atoms with Crippen molar-refractivity contribution in [2.75, 3.05) is 6.54 Å². The van der Waals surface area contributed by atoms with Crippen molar-refractivity contribution in [3.05, 3.63) is 64.4 Å². The Labute approximate surface area is 117 Å². The molecule has 0 aliphatic rings. The summed E-state index contributed by atoms with van der Waals surface area (Å²) in [6, 6.07) is 11.4. The van der Waals surface area contributed by atoms with E-state index in [1.165, 1.54) is 17.3 Å². The Morgan fingerprint density at radius 3 is 2.84 bits per heavy atom. The van der Waals surface area contributed by atoms with E-state index >= 15 is 0 Å². The van der Waals surface area contributed by atoms with Crippen molar-refractivity contribution in [2.45, 2.75) is 13.3 Å². The molecule has 0 aliphatic carbocycles. The normalized spacial score (nSPS) is 10.2. The lowest BCUT2D eigenvalue weighted by molar-refractivity contribution is 0.0954. The van der Waals surface area contributed by atoms with E-state index in [1.807, 2.05) is 12.1 Å². The maximum atomic E-state index is 11.9. The van der Waals surface area contributed by atoms with Crippen LogP contribution in [0.15, 0.2) is 42.6 Å². The minimum Gasteiger partial charge on any atom is -0.352 e. The Morgan fingerprint density at radius 2 is 2.11 bits per heavy atom. The van der Waals surface area contributed by atoms with Gasteiger partial charge in [0.2, 0.25) is 0 Å². The number of hydrogen-bond donors (Lipinski definition) is 1. The molecule has 1 aromatic heterocycles. The number of aromatic nitrogens is 1. The highest BCUT2D eigenvalue weighted by Crippen LogP contribution is 2.08. The minimum atomic E-state index is -0.127. The lowest BCUT2D eigenvalue weighted by atomic mass is 10.1. The molecule has 1 heterocycles. The van der Waals surface area contributed by atoms with Gasteiger partial charge in [0.25, 0.3) is 5.91 Å². The van der Waals surface area contributed by atoms with Crippen LogP contribution in [0.3, 0.4) is 0 Å². The molecule has 0 bridgehead atoms. The quantitative estimate of drug-likeness (QED) is 0.871. The van der Waals surface area contributed by atoms with Crippen molar-refractivity contribution in [3.63, 3.8) is 0 Å². The highest BCUT2D eigenvalue weighted by atomic mass is 35.5. The van der Waals surface area contributed by atoms with Gasteiger partial charge in [0.1, 0.15) is 5.15 Å². The van der Waals surface area contributed by atoms with Gasteiger partial charge in [-0.25, -0.2) is 4.98 Å². The lowest BCUT2D eigenvalue weighted by Crippen LogP contribution is -2.25. The van der Waals surface area contributed by atoms with Crippen LogP contribution in [-0.2, 0) is 6.42 Å². The smallest absolute Gasteiger partial charge is 0.251 e. The molecule has 0 atom stereocenters. The summed E-state index contributed by atoms with van der Waals surface area (Å²) in [4.78, 5) is 15.7. The first-order valence-electron chi connectivity index (χ1n) is 6.11. The predicted molar refractivity (Wildman–Crippen MR) is 76.5 cm³/mol. The number of aryl methyl sites for hydroxylation is 1. The van der Waals surface area contributed by atoms with Crippen molar-refractivity contribution in [2.24, 2.45) is 0 Å².